The molecule has 1 aliphatic carbocycles. The smallest absolute Gasteiger partial charge is 0.129 e. The number of halogens is 1. The van der Waals surface area contributed by atoms with E-state index in [0.717, 1.165) is 17.7 Å². The molecule has 0 bridgehead atoms. The van der Waals surface area contributed by atoms with E-state index in [1.54, 1.807) is 0 Å². The van der Waals surface area contributed by atoms with Crippen LogP contribution in [0.15, 0.2) is 12.1 Å². The molecule has 0 atom stereocenters. The van der Waals surface area contributed by atoms with Crippen molar-refractivity contribution < 1.29 is 4.39 Å². The molecule has 21 heavy (non-hydrogen) atoms. The van der Waals surface area contributed by atoms with Gasteiger partial charge < -0.3 is 5.32 Å². The summed E-state index contributed by atoms with van der Waals surface area (Å²) in [6.45, 7) is 14.0. The predicted octanol–water partition coefficient (Wildman–Crippen LogP) is 5.14. The first-order valence-corrected chi connectivity index (χ1v) is 8.07. The SMILES string of the molecule is Cc1cc(CNC2CC(C)(C)CC(C)(C)C2)cc(C)c1F. The van der Waals surface area contributed by atoms with Gasteiger partial charge in [0.25, 0.3) is 0 Å². The highest BCUT2D eigenvalue weighted by molar-refractivity contribution is 5.30. The van der Waals surface area contributed by atoms with Crippen molar-refractivity contribution in [3.8, 4) is 0 Å². The van der Waals surface area contributed by atoms with Crippen molar-refractivity contribution in [3.63, 3.8) is 0 Å². The van der Waals surface area contributed by atoms with E-state index in [-0.39, 0.29) is 5.82 Å². The third-order valence-electron chi connectivity index (χ3n) is 4.65. The van der Waals surface area contributed by atoms with Crippen molar-refractivity contribution in [2.75, 3.05) is 0 Å². The summed E-state index contributed by atoms with van der Waals surface area (Å²) < 4.78 is 13.7. The molecule has 0 aliphatic heterocycles. The van der Waals surface area contributed by atoms with Crippen LogP contribution in [0.3, 0.4) is 0 Å². The molecule has 1 nitrogen and oxygen atoms in total. The summed E-state index contributed by atoms with van der Waals surface area (Å²) in [5, 5.41) is 3.70. The second-order valence-electron chi connectivity index (χ2n) is 8.53. The highest BCUT2D eigenvalue weighted by atomic mass is 19.1. The Bertz CT molecular complexity index is 477. The van der Waals surface area contributed by atoms with E-state index in [0.29, 0.717) is 16.9 Å². The largest absolute Gasteiger partial charge is 0.310 e. The molecular weight excluding hydrogens is 261 g/mol. The van der Waals surface area contributed by atoms with Crippen molar-refractivity contribution >= 4 is 0 Å². The van der Waals surface area contributed by atoms with Crippen molar-refractivity contribution in [2.24, 2.45) is 10.8 Å². The topological polar surface area (TPSA) is 12.0 Å². The summed E-state index contributed by atoms with van der Waals surface area (Å²) >= 11 is 0. The Morgan fingerprint density at radius 3 is 2.00 bits per heavy atom. The van der Waals surface area contributed by atoms with Crippen molar-refractivity contribution in [3.05, 3.63) is 34.6 Å². The lowest BCUT2D eigenvalue weighted by Gasteiger charge is -2.45. The summed E-state index contributed by atoms with van der Waals surface area (Å²) in [6, 6.07) is 4.48. The van der Waals surface area contributed by atoms with Crippen LogP contribution in [0.1, 0.15) is 63.6 Å². The molecule has 0 radical (unpaired) electrons. The monoisotopic (exact) mass is 291 g/mol. The first-order chi connectivity index (χ1) is 9.58. The third-order valence-corrected chi connectivity index (χ3v) is 4.65. The minimum Gasteiger partial charge on any atom is -0.310 e. The number of rotatable bonds is 3. The van der Waals surface area contributed by atoms with Gasteiger partial charge in [-0.1, -0.05) is 39.8 Å². The van der Waals surface area contributed by atoms with Gasteiger partial charge >= 0.3 is 0 Å². The zero-order valence-electron chi connectivity index (χ0n) is 14.4. The molecule has 118 valence electrons. The van der Waals surface area contributed by atoms with E-state index in [2.05, 4.69) is 33.0 Å². The zero-order chi connectivity index (χ0) is 15.8. The van der Waals surface area contributed by atoms with Crippen LogP contribution in [0.25, 0.3) is 0 Å². The van der Waals surface area contributed by atoms with Gasteiger partial charge in [0, 0.05) is 12.6 Å². The van der Waals surface area contributed by atoms with Crippen LogP contribution in [0, 0.1) is 30.5 Å². The van der Waals surface area contributed by atoms with Crippen LogP contribution in [-0.4, -0.2) is 6.04 Å². The average Bonchev–Trinajstić information content (AvgIpc) is 2.29. The van der Waals surface area contributed by atoms with Gasteiger partial charge in [-0.05, 0) is 60.6 Å². The molecule has 1 aromatic rings. The van der Waals surface area contributed by atoms with Crippen LogP contribution in [0.4, 0.5) is 4.39 Å². The van der Waals surface area contributed by atoms with Gasteiger partial charge in [-0.3, -0.25) is 0 Å². The summed E-state index contributed by atoms with van der Waals surface area (Å²) in [7, 11) is 0. The zero-order valence-corrected chi connectivity index (χ0v) is 14.4. The Morgan fingerprint density at radius 2 is 1.52 bits per heavy atom. The lowest BCUT2D eigenvalue weighted by atomic mass is 9.63. The van der Waals surface area contributed by atoms with Crippen LogP contribution >= 0.6 is 0 Å². The standard InChI is InChI=1S/C19H30FN/c1-13-7-15(8-14(2)17(13)20)11-21-16-9-18(3,4)12-19(5,6)10-16/h7-8,16,21H,9-12H2,1-6H3. The van der Waals surface area contributed by atoms with Gasteiger partial charge in [0.05, 0.1) is 0 Å². The number of aryl methyl sites for hydroxylation is 2. The molecule has 1 saturated carbocycles. The summed E-state index contributed by atoms with van der Waals surface area (Å²) in [4.78, 5) is 0. The fourth-order valence-corrected chi connectivity index (χ4v) is 4.39. The van der Waals surface area contributed by atoms with Gasteiger partial charge in [-0.25, -0.2) is 4.39 Å². The van der Waals surface area contributed by atoms with Gasteiger partial charge in [0.1, 0.15) is 5.82 Å². The maximum absolute atomic E-state index is 13.7. The predicted molar refractivity (Wildman–Crippen MR) is 87.9 cm³/mol. The third kappa shape index (κ3) is 4.29. The summed E-state index contributed by atoms with van der Waals surface area (Å²) in [5.74, 6) is -0.0707. The van der Waals surface area contributed by atoms with E-state index in [1.807, 2.05) is 26.0 Å². The molecule has 2 rings (SSSR count). The lowest BCUT2D eigenvalue weighted by Crippen LogP contribution is -2.43. The molecule has 0 amide bonds. The normalized spacial score (nSPS) is 21.5. The molecule has 0 unspecified atom stereocenters. The van der Waals surface area contributed by atoms with Gasteiger partial charge in [-0.15, -0.1) is 0 Å². The molecule has 0 aromatic heterocycles. The highest BCUT2D eigenvalue weighted by Crippen LogP contribution is 2.45. The van der Waals surface area contributed by atoms with Crippen LogP contribution < -0.4 is 5.32 Å². The number of hydrogen-bond donors (Lipinski definition) is 1. The maximum Gasteiger partial charge on any atom is 0.129 e. The fourth-order valence-electron chi connectivity index (χ4n) is 4.39. The van der Waals surface area contributed by atoms with Gasteiger partial charge in [-0.2, -0.15) is 0 Å². The molecule has 1 N–H and O–H groups in total. The van der Waals surface area contributed by atoms with E-state index in [1.165, 1.54) is 24.8 Å². The number of benzene rings is 1. The Labute approximate surface area is 129 Å². The quantitative estimate of drug-likeness (QED) is 0.813. The molecule has 1 aromatic carbocycles. The van der Waals surface area contributed by atoms with Crippen LogP contribution in [0.5, 0.6) is 0 Å². The van der Waals surface area contributed by atoms with Crippen molar-refractivity contribution in [1.29, 1.82) is 0 Å². The highest BCUT2D eigenvalue weighted by Gasteiger charge is 2.38. The minimum absolute atomic E-state index is 0.0707. The number of nitrogens with one attached hydrogen (secondary N) is 1. The summed E-state index contributed by atoms with van der Waals surface area (Å²) in [6.07, 6.45) is 3.72. The second-order valence-corrected chi connectivity index (χ2v) is 8.53. The molecule has 0 saturated heterocycles. The Kier molecular flexibility index (Phi) is 4.49. The molecular formula is C19H30FN. The Balaban J connectivity index is 2.03. The van der Waals surface area contributed by atoms with Crippen molar-refractivity contribution in [2.45, 2.75) is 73.4 Å². The second kappa shape index (κ2) is 5.72. The van der Waals surface area contributed by atoms with E-state index >= 15 is 0 Å². The van der Waals surface area contributed by atoms with Gasteiger partial charge in [0.15, 0.2) is 0 Å². The van der Waals surface area contributed by atoms with Gasteiger partial charge in [0.2, 0.25) is 0 Å². The van der Waals surface area contributed by atoms with E-state index in [9.17, 15) is 4.39 Å². The van der Waals surface area contributed by atoms with Crippen LogP contribution in [-0.2, 0) is 6.54 Å². The van der Waals surface area contributed by atoms with Crippen LogP contribution in [0.2, 0.25) is 0 Å². The van der Waals surface area contributed by atoms with E-state index < -0.39 is 0 Å². The maximum atomic E-state index is 13.7. The number of hydrogen-bond acceptors (Lipinski definition) is 1. The van der Waals surface area contributed by atoms with E-state index in [4.69, 9.17) is 0 Å². The Hall–Kier alpha value is -0.890. The fraction of sp³-hybridized carbons (Fsp3) is 0.684. The van der Waals surface area contributed by atoms with Crippen molar-refractivity contribution in [1.82, 2.24) is 5.32 Å². The first kappa shape index (κ1) is 16.5. The Morgan fingerprint density at radius 1 is 1.05 bits per heavy atom. The molecule has 0 heterocycles. The average molecular weight is 291 g/mol. The molecule has 1 aliphatic rings. The minimum atomic E-state index is -0.0707. The first-order valence-electron chi connectivity index (χ1n) is 8.07. The molecule has 0 spiro atoms. The lowest BCUT2D eigenvalue weighted by molar-refractivity contribution is 0.0845. The molecule has 1 fully saturated rings. The molecule has 2 heteroatoms. The summed E-state index contributed by atoms with van der Waals surface area (Å²) in [5.41, 5.74) is 3.47.